The van der Waals surface area contributed by atoms with Crippen LogP contribution in [0.15, 0.2) is 24.3 Å². The van der Waals surface area contributed by atoms with Gasteiger partial charge >= 0.3 is 0 Å². The smallest absolute Gasteiger partial charge is 0.0552 e. The van der Waals surface area contributed by atoms with Crippen molar-refractivity contribution in [3.63, 3.8) is 0 Å². The lowest BCUT2D eigenvalue weighted by Crippen LogP contribution is -2.27. The maximum atomic E-state index is 9.59. The van der Waals surface area contributed by atoms with E-state index in [2.05, 4.69) is 4.90 Å². The summed E-state index contributed by atoms with van der Waals surface area (Å²) in [5, 5.41) is 10.3. The molecule has 0 saturated carbocycles. The summed E-state index contributed by atoms with van der Waals surface area (Å²) < 4.78 is 0. The molecule has 1 saturated heterocycles. The Bertz CT molecular complexity index is 411. The Morgan fingerprint density at radius 2 is 2.21 bits per heavy atom. The SMILES string of the molecule is CC(O)C1CCN(CCC(N)c2ccccc2Cl)C1. The van der Waals surface area contributed by atoms with E-state index in [4.69, 9.17) is 17.3 Å². The fourth-order valence-corrected chi connectivity index (χ4v) is 2.99. The van der Waals surface area contributed by atoms with Crippen LogP contribution < -0.4 is 5.73 Å². The molecule has 1 aliphatic rings. The van der Waals surface area contributed by atoms with Gasteiger partial charge in [0.05, 0.1) is 6.10 Å². The molecule has 0 spiro atoms. The summed E-state index contributed by atoms with van der Waals surface area (Å²) >= 11 is 6.15. The number of hydrogen-bond acceptors (Lipinski definition) is 3. The number of benzene rings is 1. The first-order valence-electron chi connectivity index (χ1n) is 6.98. The maximum Gasteiger partial charge on any atom is 0.0552 e. The Labute approximate surface area is 120 Å². The number of nitrogens with two attached hydrogens (primary N) is 1. The number of halogens is 1. The molecule has 3 nitrogen and oxygen atoms in total. The minimum Gasteiger partial charge on any atom is -0.393 e. The van der Waals surface area contributed by atoms with Crippen molar-refractivity contribution in [2.45, 2.75) is 31.9 Å². The Kier molecular flexibility index (Phi) is 5.22. The molecule has 1 aliphatic heterocycles. The third kappa shape index (κ3) is 3.93. The zero-order valence-corrected chi connectivity index (χ0v) is 12.2. The summed E-state index contributed by atoms with van der Waals surface area (Å²) in [5.74, 6) is 0.413. The van der Waals surface area contributed by atoms with Crippen molar-refractivity contribution in [2.24, 2.45) is 11.7 Å². The van der Waals surface area contributed by atoms with E-state index in [1.54, 1.807) is 0 Å². The zero-order chi connectivity index (χ0) is 13.8. The molecule has 1 fully saturated rings. The first-order chi connectivity index (χ1) is 9.08. The molecule has 0 bridgehead atoms. The van der Waals surface area contributed by atoms with Crippen LogP contribution in [0.1, 0.15) is 31.4 Å². The van der Waals surface area contributed by atoms with Crippen LogP contribution in [0, 0.1) is 5.92 Å². The lowest BCUT2D eigenvalue weighted by Gasteiger charge is -2.20. The zero-order valence-electron chi connectivity index (χ0n) is 11.4. The molecule has 3 N–H and O–H groups in total. The normalized spacial score (nSPS) is 23.5. The molecule has 0 aromatic heterocycles. The van der Waals surface area contributed by atoms with Crippen LogP contribution in [0.4, 0.5) is 0 Å². The third-order valence-electron chi connectivity index (χ3n) is 4.05. The minimum atomic E-state index is -0.206. The number of hydrogen-bond donors (Lipinski definition) is 2. The summed E-state index contributed by atoms with van der Waals surface area (Å²) in [7, 11) is 0. The Hall–Kier alpha value is -0.610. The van der Waals surface area contributed by atoms with Crippen LogP contribution >= 0.6 is 11.6 Å². The lowest BCUT2D eigenvalue weighted by molar-refractivity contribution is 0.127. The number of aliphatic hydroxyl groups is 1. The van der Waals surface area contributed by atoms with Crippen molar-refractivity contribution in [1.29, 1.82) is 0 Å². The van der Waals surface area contributed by atoms with Crippen LogP contribution in [0.2, 0.25) is 5.02 Å². The molecular weight excluding hydrogens is 260 g/mol. The molecule has 1 aromatic rings. The molecule has 3 unspecified atom stereocenters. The van der Waals surface area contributed by atoms with Gasteiger partial charge in [-0.15, -0.1) is 0 Å². The highest BCUT2D eigenvalue weighted by atomic mass is 35.5. The second kappa shape index (κ2) is 6.71. The largest absolute Gasteiger partial charge is 0.393 e. The number of likely N-dealkylation sites (tertiary alicyclic amines) is 1. The molecular formula is C15H23ClN2O. The van der Waals surface area contributed by atoms with Gasteiger partial charge in [-0.05, 0) is 50.4 Å². The number of nitrogens with zero attached hydrogens (tertiary/aromatic N) is 1. The molecule has 106 valence electrons. The van der Waals surface area contributed by atoms with Gasteiger partial charge in [0.25, 0.3) is 0 Å². The van der Waals surface area contributed by atoms with Gasteiger partial charge in [0, 0.05) is 17.6 Å². The lowest BCUT2D eigenvalue weighted by atomic mass is 10.0. The maximum absolute atomic E-state index is 9.59. The van der Waals surface area contributed by atoms with E-state index < -0.39 is 0 Å². The van der Waals surface area contributed by atoms with Crippen LogP contribution in [0.5, 0.6) is 0 Å². The molecule has 0 radical (unpaired) electrons. The van der Waals surface area contributed by atoms with Crippen molar-refractivity contribution in [3.05, 3.63) is 34.9 Å². The summed E-state index contributed by atoms with van der Waals surface area (Å²) in [4.78, 5) is 2.38. The van der Waals surface area contributed by atoms with E-state index in [1.807, 2.05) is 31.2 Å². The Morgan fingerprint density at radius 1 is 1.47 bits per heavy atom. The van der Waals surface area contributed by atoms with Gasteiger partial charge in [0.2, 0.25) is 0 Å². The predicted octanol–water partition coefficient (Wildman–Crippen LogP) is 2.43. The summed E-state index contributed by atoms with van der Waals surface area (Å²) in [6, 6.07) is 7.76. The molecule has 4 heteroatoms. The van der Waals surface area contributed by atoms with Crippen molar-refractivity contribution in [1.82, 2.24) is 4.90 Å². The van der Waals surface area contributed by atoms with Crippen LogP contribution in [0.25, 0.3) is 0 Å². The fourth-order valence-electron chi connectivity index (χ4n) is 2.71. The highest BCUT2D eigenvalue weighted by Gasteiger charge is 2.26. The van der Waals surface area contributed by atoms with Crippen LogP contribution in [-0.4, -0.2) is 35.7 Å². The van der Waals surface area contributed by atoms with Gasteiger partial charge in [-0.1, -0.05) is 29.8 Å². The number of rotatable bonds is 5. The average Bonchev–Trinajstić information content (AvgIpc) is 2.85. The highest BCUT2D eigenvalue weighted by Crippen LogP contribution is 2.25. The van der Waals surface area contributed by atoms with Crippen molar-refractivity contribution >= 4 is 11.6 Å². The molecule has 1 aromatic carbocycles. The third-order valence-corrected chi connectivity index (χ3v) is 4.40. The average molecular weight is 283 g/mol. The van der Waals surface area contributed by atoms with Crippen LogP contribution in [-0.2, 0) is 0 Å². The Balaban J connectivity index is 1.82. The highest BCUT2D eigenvalue weighted by molar-refractivity contribution is 6.31. The number of aliphatic hydroxyl groups excluding tert-OH is 1. The summed E-state index contributed by atoms with van der Waals surface area (Å²) in [6.45, 7) is 4.89. The molecule has 19 heavy (non-hydrogen) atoms. The van der Waals surface area contributed by atoms with Gasteiger partial charge in [-0.2, -0.15) is 0 Å². The van der Waals surface area contributed by atoms with Gasteiger partial charge in [-0.3, -0.25) is 0 Å². The van der Waals surface area contributed by atoms with Gasteiger partial charge in [0.1, 0.15) is 0 Å². The summed E-state index contributed by atoms with van der Waals surface area (Å²) in [6.07, 6.45) is 1.78. The van der Waals surface area contributed by atoms with Gasteiger partial charge < -0.3 is 15.7 Å². The van der Waals surface area contributed by atoms with E-state index in [0.29, 0.717) is 5.92 Å². The van der Waals surface area contributed by atoms with E-state index >= 15 is 0 Å². The second-order valence-electron chi connectivity index (χ2n) is 5.51. The van der Waals surface area contributed by atoms with Crippen molar-refractivity contribution in [2.75, 3.05) is 19.6 Å². The van der Waals surface area contributed by atoms with Crippen molar-refractivity contribution < 1.29 is 5.11 Å². The minimum absolute atomic E-state index is 0.0145. The molecule has 3 atom stereocenters. The van der Waals surface area contributed by atoms with Crippen LogP contribution in [0.3, 0.4) is 0 Å². The molecule has 1 heterocycles. The predicted molar refractivity (Wildman–Crippen MR) is 79.2 cm³/mol. The second-order valence-corrected chi connectivity index (χ2v) is 5.91. The first-order valence-corrected chi connectivity index (χ1v) is 7.36. The molecule has 2 rings (SSSR count). The quantitative estimate of drug-likeness (QED) is 0.872. The first kappa shape index (κ1) is 14.8. The van der Waals surface area contributed by atoms with Crippen molar-refractivity contribution in [3.8, 4) is 0 Å². The fraction of sp³-hybridized carbons (Fsp3) is 0.600. The van der Waals surface area contributed by atoms with Gasteiger partial charge in [0.15, 0.2) is 0 Å². The summed E-state index contributed by atoms with van der Waals surface area (Å²) in [5.41, 5.74) is 7.23. The Morgan fingerprint density at radius 3 is 2.84 bits per heavy atom. The van der Waals surface area contributed by atoms with E-state index in [0.717, 1.165) is 43.1 Å². The monoisotopic (exact) mass is 282 g/mol. The molecule has 0 amide bonds. The van der Waals surface area contributed by atoms with E-state index in [1.165, 1.54) is 0 Å². The van der Waals surface area contributed by atoms with E-state index in [-0.39, 0.29) is 12.1 Å². The molecule has 0 aliphatic carbocycles. The van der Waals surface area contributed by atoms with E-state index in [9.17, 15) is 5.11 Å². The topological polar surface area (TPSA) is 49.5 Å². The standard InChI is InChI=1S/C15H23ClN2O/c1-11(19)12-6-8-18(10-12)9-7-15(17)13-4-2-3-5-14(13)16/h2-5,11-12,15,19H,6-10,17H2,1H3. The van der Waals surface area contributed by atoms with Gasteiger partial charge in [-0.25, -0.2) is 0 Å².